The lowest BCUT2D eigenvalue weighted by molar-refractivity contribution is 0.146. The number of nitrogens with one attached hydrogen (secondary N) is 1. The van der Waals surface area contributed by atoms with Gasteiger partial charge in [-0.15, -0.1) is 0 Å². The maximum atomic E-state index is 12.4. The van der Waals surface area contributed by atoms with Crippen molar-refractivity contribution in [3.63, 3.8) is 0 Å². The maximum Gasteiger partial charge on any atom is 0.317 e. The molecule has 0 saturated carbocycles. The Labute approximate surface area is 160 Å². The van der Waals surface area contributed by atoms with Crippen molar-refractivity contribution in [1.82, 2.24) is 25.1 Å². The number of rotatable bonds is 5. The van der Waals surface area contributed by atoms with Gasteiger partial charge in [-0.05, 0) is 25.5 Å². The SMILES string of the molecule is Cc1cc(C)nc(CNC(=O)N2CCN(CC=Cc3ccccc3)CC2)n1. The second kappa shape index (κ2) is 9.28. The van der Waals surface area contributed by atoms with E-state index in [9.17, 15) is 4.79 Å². The molecule has 0 bridgehead atoms. The minimum atomic E-state index is -0.0442. The smallest absolute Gasteiger partial charge is 0.317 e. The molecule has 0 atom stereocenters. The largest absolute Gasteiger partial charge is 0.331 e. The molecule has 1 N–H and O–H groups in total. The van der Waals surface area contributed by atoms with Gasteiger partial charge in [-0.2, -0.15) is 0 Å². The first-order chi connectivity index (χ1) is 13.1. The summed E-state index contributed by atoms with van der Waals surface area (Å²) in [4.78, 5) is 25.3. The van der Waals surface area contributed by atoms with Crippen LogP contribution in [0.4, 0.5) is 4.79 Å². The molecule has 2 amide bonds. The fourth-order valence-electron chi connectivity index (χ4n) is 3.18. The molecule has 0 radical (unpaired) electrons. The van der Waals surface area contributed by atoms with Gasteiger partial charge in [0.25, 0.3) is 0 Å². The summed E-state index contributed by atoms with van der Waals surface area (Å²) in [6.07, 6.45) is 4.32. The van der Waals surface area contributed by atoms with Gasteiger partial charge in [0.15, 0.2) is 0 Å². The molecular formula is C21H27N5O. The highest BCUT2D eigenvalue weighted by molar-refractivity contribution is 5.74. The highest BCUT2D eigenvalue weighted by Crippen LogP contribution is 2.05. The first-order valence-electron chi connectivity index (χ1n) is 9.38. The molecule has 142 valence electrons. The van der Waals surface area contributed by atoms with E-state index >= 15 is 0 Å². The lowest BCUT2D eigenvalue weighted by Gasteiger charge is -2.34. The monoisotopic (exact) mass is 365 g/mol. The van der Waals surface area contributed by atoms with Crippen molar-refractivity contribution in [3.05, 3.63) is 65.2 Å². The van der Waals surface area contributed by atoms with Crippen LogP contribution in [0, 0.1) is 13.8 Å². The Morgan fingerprint density at radius 2 is 1.74 bits per heavy atom. The maximum absolute atomic E-state index is 12.4. The molecule has 3 rings (SSSR count). The van der Waals surface area contributed by atoms with Crippen molar-refractivity contribution in [1.29, 1.82) is 0 Å². The molecule has 6 nitrogen and oxygen atoms in total. The Bertz CT molecular complexity index is 762. The van der Waals surface area contributed by atoms with E-state index in [4.69, 9.17) is 0 Å². The molecule has 1 aliphatic rings. The van der Waals surface area contributed by atoms with Gasteiger partial charge in [-0.25, -0.2) is 14.8 Å². The molecule has 2 aromatic rings. The topological polar surface area (TPSA) is 61.4 Å². The Hall–Kier alpha value is -2.73. The standard InChI is InChI=1S/C21H27N5O/c1-17-15-18(2)24-20(23-17)16-22-21(27)26-13-11-25(12-14-26)10-6-9-19-7-4-3-5-8-19/h3-9,15H,10-14,16H2,1-2H3,(H,22,27). The van der Waals surface area contributed by atoms with Crippen molar-refractivity contribution in [2.75, 3.05) is 32.7 Å². The van der Waals surface area contributed by atoms with Gasteiger partial charge >= 0.3 is 6.03 Å². The summed E-state index contributed by atoms with van der Waals surface area (Å²) in [6, 6.07) is 12.2. The van der Waals surface area contributed by atoms with Crippen molar-refractivity contribution < 1.29 is 4.79 Å². The first-order valence-corrected chi connectivity index (χ1v) is 9.38. The van der Waals surface area contributed by atoms with Crippen LogP contribution in [0.25, 0.3) is 6.08 Å². The number of piperazine rings is 1. The van der Waals surface area contributed by atoms with Crippen LogP contribution in [-0.2, 0) is 6.54 Å². The van der Waals surface area contributed by atoms with Crippen LogP contribution < -0.4 is 5.32 Å². The average Bonchev–Trinajstić information content (AvgIpc) is 2.67. The molecule has 0 unspecified atom stereocenters. The Kier molecular flexibility index (Phi) is 6.54. The van der Waals surface area contributed by atoms with Gasteiger partial charge in [0.2, 0.25) is 0 Å². The minimum absolute atomic E-state index is 0.0442. The number of amides is 2. The van der Waals surface area contributed by atoms with Crippen LogP contribution in [0.2, 0.25) is 0 Å². The van der Waals surface area contributed by atoms with Gasteiger partial charge in [-0.1, -0.05) is 42.5 Å². The molecule has 1 aromatic carbocycles. The fourth-order valence-corrected chi connectivity index (χ4v) is 3.18. The van der Waals surface area contributed by atoms with Crippen molar-refractivity contribution >= 4 is 12.1 Å². The summed E-state index contributed by atoms with van der Waals surface area (Å²) in [6.45, 7) is 8.37. The number of aryl methyl sites for hydroxylation is 2. The fraction of sp³-hybridized carbons (Fsp3) is 0.381. The quantitative estimate of drug-likeness (QED) is 0.885. The zero-order valence-corrected chi connectivity index (χ0v) is 16.1. The molecule has 2 heterocycles. The molecule has 1 saturated heterocycles. The number of nitrogens with zero attached hydrogens (tertiary/aromatic N) is 4. The third kappa shape index (κ3) is 5.89. The summed E-state index contributed by atoms with van der Waals surface area (Å²) in [7, 11) is 0. The third-order valence-electron chi connectivity index (χ3n) is 4.56. The van der Waals surface area contributed by atoms with Crippen molar-refractivity contribution in [2.24, 2.45) is 0 Å². The van der Waals surface area contributed by atoms with Crippen molar-refractivity contribution in [3.8, 4) is 0 Å². The van der Waals surface area contributed by atoms with Gasteiger partial charge < -0.3 is 10.2 Å². The van der Waals surface area contributed by atoms with Gasteiger partial charge in [0.05, 0.1) is 6.54 Å². The van der Waals surface area contributed by atoms with E-state index in [0.29, 0.717) is 12.4 Å². The Morgan fingerprint density at radius 1 is 1.07 bits per heavy atom. The summed E-state index contributed by atoms with van der Waals surface area (Å²) in [5.74, 6) is 0.658. The van der Waals surface area contributed by atoms with E-state index in [1.807, 2.05) is 43.0 Å². The number of carbonyl (C=O) groups is 1. The second-order valence-corrected chi connectivity index (χ2v) is 6.83. The normalized spacial score (nSPS) is 15.3. The minimum Gasteiger partial charge on any atom is -0.331 e. The second-order valence-electron chi connectivity index (χ2n) is 6.83. The molecule has 1 aromatic heterocycles. The zero-order valence-electron chi connectivity index (χ0n) is 16.1. The Balaban J connectivity index is 1.40. The number of carbonyl (C=O) groups excluding carboxylic acids is 1. The predicted molar refractivity (Wildman–Crippen MR) is 107 cm³/mol. The van der Waals surface area contributed by atoms with E-state index in [1.54, 1.807) is 0 Å². The lowest BCUT2D eigenvalue weighted by Crippen LogP contribution is -2.51. The first kappa shape index (κ1) is 19.0. The van der Waals surface area contributed by atoms with Gasteiger partial charge in [-0.3, -0.25) is 4.90 Å². The zero-order chi connectivity index (χ0) is 19.1. The number of benzene rings is 1. The summed E-state index contributed by atoms with van der Waals surface area (Å²) >= 11 is 0. The van der Waals surface area contributed by atoms with Crippen LogP contribution in [0.5, 0.6) is 0 Å². The molecule has 6 heteroatoms. The van der Waals surface area contributed by atoms with Crippen LogP contribution in [-0.4, -0.2) is 58.5 Å². The number of hydrogen-bond acceptors (Lipinski definition) is 4. The van der Waals surface area contributed by atoms with Gasteiger partial charge in [0.1, 0.15) is 5.82 Å². The van der Waals surface area contributed by atoms with Crippen LogP contribution in [0.15, 0.2) is 42.5 Å². The molecule has 0 spiro atoms. The molecule has 1 aliphatic heterocycles. The summed E-state index contributed by atoms with van der Waals surface area (Å²) < 4.78 is 0. The Morgan fingerprint density at radius 3 is 2.41 bits per heavy atom. The molecule has 27 heavy (non-hydrogen) atoms. The predicted octanol–water partition coefficient (Wildman–Crippen LogP) is 2.63. The highest BCUT2D eigenvalue weighted by Gasteiger charge is 2.20. The molecule has 0 aliphatic carbocycles. The molecular weight excluding hydrogens is 338 g/mol. The number of hydrogen-bond donors (Lipinski definition) is 1. The summed E-state index contributed by atoms with van der Waals surface area (Å²) in [5.41, 5.74) is 3.05. The van der Waals surface area contributed by atoms with Crippen LogP contribution in [0.3, 0.4) is 0 Å². The van der Waals surface area contributed by atoms with E-state index in [0.717, 1.165) is 44.1 Å². The van der Waals surface area contributed by atoms with E-state index in [-0.39, 0.29) is 6.03 Å². The van der Waals surface area contributed by atoms with Gasteiger partial charge in [0, 0.05) is 44.1 Å². The third-order valence-corrected chi connectivity index (χ3v) is 4.56. The highest BCUT2D eigenvalue weighted by atomic mass is 16.2. The average molecular weight is 365 g/mol. The van der Waals surface area contributed by atoms with E-state index in [1.165, 1.54) is 5.56 Å². The number of urea groups is 1. The summed E-state index contributed by atoms with van der Waals surface area (Å²) in [5, 5.41) is 2.93. The van der Waals surface area contributed by atoms with E-state index < -0.39 is 0 Å². The number of aromatic nitrogens is 2. The lowest BCUT2D eigenvalue weighted by atomic mass is 10.2. The van der Waals surface area contributed by atoms with Crippen LogP contribution >= 0.6 is 0 Å². The van der Waals surface area contributed by atoms with Crippen molar-refractivity contribution in [2.45, 2.75) is 20.4 Å². The van der Waals surface area contributed by atoms with E-state index in [2.05, 4.69) is 44.5 Å². The van der Waals surface area contributed by atoms with Crippen LogP contribution in [0.1, 0.15) is 22.8 Å². The molecule has 1 fully saturated rings.